The third-order valence-electron chi connectivity index (χ3n) is 6.48. The summed E-state index contributed by atoms with van der Waals surface area (Å²) in [5.74, 6) is 0.0914. The van der Waals surface area contributed by atoms with Crippen LogP contribution in [0.1, 0.15) is 42.1 Å². The molecule has 1 aliphatic rings. The first-order valence-electron chi connectivity index (χ1n) is 12.7. The van der Waals surface area contributed by atoms with Gasteiger partial charge in [-0.3, -0.25) is 9.36 Å². The molecule has 0 amide bonds. The number of carbonyl (C=O) groups is 1. The van der Waals surface area contributed by atoms with Gasteiger partial charge in [0, 0.05) is 10.6 Å². The number of benzene rings is 3. The number of hydrogen-bond donors (Lipinski definition) is 0. The number of nitriles is 1. The standard InChI is InChI=1S/C31H23BrClN3O4S/c1-3-39-30(38)27-18(2)35-31-36(28(27)20-9-11-23(33)12-10-20)29(37)26(41-31)15-19-8-13-25(24(32)14-19)40-17-22-7-5-4-6-21(22)16-34/h4-15,28H,3,17H2,1-2H3/b26-15+/t28-/m0/s1. The Morgan fingerprint density at radius 1 is 1.20 bits per heavy atom. The van der Waals surface area contributed by atoms with Crippen LogP contribution in [0.25, 0.3) is 6.08 Å². The van der Waals surface area contributed by atoms with Gasteiger partial charge in [-0.05, 0) is 77.3 Å². The van der Waals surface area contributed by atoms with Gasteiger partial charge in [-0.25, -0.2) is 9.79 Å². The van der Waals surface area contributed by atoms with Gasteiger partial charge in [-0.1, -0.05) is 59.3 Å². The van der Waals surface area contributed by atoms with E-state index in [0.717, 1.165) is 16.7 Å². The molecule has 41 heavy (non-hydrogen) atoms. The number of hydrogen-bond acceptors (Lipinski definition) is 7. The van der Waals surface area contributed by atoms with Crippen LogP contribution in [-0.2, 0) is 16.1 Å². The number of carbonyl (C=O) groups excluding carboxylic acids is 1. The fourth-order valence-electron chi connectivity index (χ4n) is 4.54. The molecule has 0 N–H and O–H groups in total. The van der Waals surface area contributed by atoms with Crippen LogP contribution in [0.5, 0.6) is 5.75 Å². The van der Waals surface area contributed by atoms with Crippen LogP contribution in [0.3, 0.4) is 0 Å². The Morgan fingerprint density at radius 3 is 2.66 bits per heavy atom. The van der Waals surface area contributed by atoms with E-state index in [1.165, 1.54) is 15.9 Å². The van der Waals surface area contributed by atoms with E-state index in [1.54, 1.807) is 50.3 Å². The predicted molar refractivity (Wildman–Crippen MR) is 161 cm³/mol. The Morgan fingerprint density at radius 2 is 1.95 bits per heavy atom. The molecule has 0 bridgehead atoms. The van der Waals surface area contributed by atoms with Crippen molar-refractivity contribution in [3.63, 3.8) is 0 Å². The van der Waals surface area contributed by atoms with Crippen molar-refractivity contribution in [3.8, 4) is 11.8 Å². The molecule has 0 aliphatic carbocycles. The van der Waals surface area contributed by atoms with Crippen LogP contribution in [-0.4, -0.2) is 17.1 Å². The van der Waals surface area contributed by atoms with Crippen molar-refractivity contribution in [2.24, 2.45) is 4.99 Å². The summed E-state index contributed by atoms with van der Waals surface area (Å²) in [5.41, 5.74) is 3.40. The lowest BCUT2D eigenvalue weighted by Crippen LogP contribution is -2.39. The first-order valence-corrected chi connectivity index (χ1v) is 14.6. The van der Waals surface area contributed by atoms with E-state index in [4.69, 9.17) is 21.1 Å². The first-order chi connectivity index (χ1) is 19.8. The van der Waals surface area contributed by atoms with E-state index >= 15 is 0 Å². The second-order valence-corrected chi connectivity index (χ2v) is 11.4. The fraction of sp³-hybridized carbons (Fsp3) is 0.161. The number of aromatic nitrogens is 1. The Balaban J connectivity index is 1.52. The first kappa shape index (κ1) is 28.6. The summed E-state index contributed by atoms with van der Waals surface area (Å²) >= 11 is 10.9. The lowest BCUT2D eigenvalue weighted by Gasteiger charge is -2.24. The SMILES string of the molecule is CCOC(=O)C1=C(C)N=c2s/c(=C/c3ccc(OCc4ccccc4C#N)c(Br)c3)c(=O)n2[C@H]1c1ccc(Cl)cc1. The largest absolute Gasteiger partial charge is 0.488 e. The van der Waals surface area contributed by atoms with Crippen molar-refractivity contribution < 1.29 is 14.3 Å². The lowest BCUT2D eigenvalue weighted by atomic mass is 9.96. The number of rotatable bonds is 7. The number of esters is 1. The van der Waals surface area contributed by atoms with Crippen molar-refractivity contribution in [2.45, 2.75) is 26.5 Å². The highest BCUT2D eigenvalue weighted by Crippen LogP contribution is 2.31. The zero-order chi connectivity index (χ0) is 29.1. The van der Waals surface area contributed by atoms with E-state index < -0.39 is 12.0 Å². The summed E-state index contributed by atoms with van der Waals surface area (Å²) in [6, 6.07) is 21.3. The van der Waals surface area contributed by atoms with Gasteiger partial charge >= 0.3 is 5.97 Å². The average Bonchev–Trinajstić information content (AvgIpc) is 3.26. The summed E-state index contributed by atoms with van der Waals surface area (Å²) in [7, 11) is 0. The van der Waals surface area contributed by atoms with Gasteiger partial charge in [0.1, 0.15) is 12.4 Å². The molecule has 0 unspecified atom stereocenters. The minimum absolute atomic E-state index is 0.201. The van der Waals surface area contributed by atoms with Gasteiger partial charge in [0.25, 0.3) is 5.56 Å². The van der Waals surface area contributed by atoms with Crippen LogP contribution in [0.2, 0.25) is 5.02 Å². The molecule has 0 spiro atoms. The Labute approximate surface area is 253 Å². The van der Waals surface area contributed by atoms with Gasteiger partial charge in [0.2, 0.25) is 0 Å². The quantitative estimate of drug-likeness (QED) is 0.241. The highest BCUT2D eigenvalue weighted by atomic mass is 79.9. The van der Waals surface area contributed by atoms with E-state index in [0.29, 0.717) is 41.4 Å². The Bertz CT molecular complexity index is 1910. The maximum absolute atomic E-state index is 13.8. The fourth-order valence-corrected chi connectivity index (χ4v) is 6.22. The minimum Gasteiger partial charge on any atom is -0.488 e. The normalized spacial score (nSPS) is 14.7. The monoisotopic (exact) mass is 647 g/mol. The van der Waals surface area contributed by atoms with Gasteiger partial charge in [-0.15, -0.1) is 0 Å². The number of fused-ring (bicyclic) bond motifs is 1. The summed E-state index contributed by atoms with van der Waals surface area (Å²) < 4.78 is 14.0. The zero-order valence-corrected chi connectivity index (χ0v) is 25.2. The third kappa shape index (κ3) is 5.91. The molecule has 3 aromatic carbocycles. The molecule has 5 rings (SSSR count). The highest BCUT2D eigenvalue weighted by molar-refractivity contribution is 9.10. The average molecular weight is 649 g/mol. The Hall–Kier alpha value is -3.97. The molecule has 10 heteroatoms. The maximum Gasteiger partial charge on any atom is 0.338 e. The predicted octanol–water partition coefficient (Wildman–Crippen LogP) is 5.66. The summed E-state index contributed by atoms with van der Waals surface area (Å²) in [4.78, 5) is 31.9. The van der Waals surface area contributed by atoms with Gasteiger partial charge in [-0.2, -0.15) is 5.26 Å². The van der Waals surface area contributed by atoms with Crippen molar-refractivity contribution in [2.75, 3.05) is 6.61 Å². The van der Waals surface area contributed by atoms with Crippen LogP contribution in [0.15, 0.2) is 92.3 Å². The summed E-state index contributed by atoms with van der Waals surface area (Å²) in [6.45, 7) is 3.93. The molecule has 0 saturated carbocycles. The van der Waals surface area contributed by atoms with Crippen molar-refractivity contribution in [1.29, 1.82) is 5.26 Å². The molecule has 0 saturated heterocycles. The number of nitrogens with zero attached hydrogens (tertiary/aromatic N) is 3. The topological polar surface area (TPSA) is 93.7 Å². The third-order valence-corrected chi connectivity index (χ3v) is 8.33. The van der Waals surface area contributed by atoms with Crippen LogP contribution >= 0.6 is 38.9 Å². The second kappa shape index (κ2) is 12.3. The maximum atomic E-state index is 13.8. The van der Waals surface area contributed by atoms with Gasteiger partial charge in [0.05, 0.1) is 44.6 Å². The number of allylic oxidation sites excluding steroid dienone is 1. The van der Waals surface area contributed by atoms with Crippen LogP contribution in [0.4, 0.5) is 0 Å². The molecule has 206 valence electrons. The molecular weight excluding hydrogens is 626 g/mol. The minimum atomic E-state index is -0.705. The molecule has 7 nitrogen and oxygen atoms in total. The number of halogens is 2. The highest BCUT2D eigenvalue weighted by Gasteiger charge is 2.33. The van der Waals surface area contributed by atoms with E-state index in [-0.39, 0.29) is 18.8 Å². The van der Waals surface area contributed by atoms with Gasteiger partial charge < -0.3 is 9.47 Å². The molecule has 2 heterocycles. The molecule has 4 aromatic rings. The molecular formula is C31H23BrClN3O4S. The summed E-state index contributed by atoms with van der Waals surface area (Å²) in [6.07, 6.45) is 1.78. The smallest absolute Gasteiger partial charge is 0.338 e. The Kier molecular flexibility index (Phi) is 8.54. The number of thiazole rings is 1. The molecule has 0 radical (unpaired) electrons. The second-order valence-electron chi connectivity index (χ2n) is 9.10. The van der Waals surface area contributed by atoms with Crippen LogP contribution in [0, 0.1) is 11.3 Å². The number of ether oxygens (including phenoxy) is 2. The van der Waals surface area contributed by atoms with E-state index in [9.17, 15) is 14.9 Å². The molecule has 1 aliphatic heterocycles. The lowest BCUT2D eigenvalue weighted by molar-refractivity contribution is -0.139. The van der Waals surface area contributed by atoms with Crippen LogP contribution < -0.4 is 19.6 Å². The van der Waals surface area contributed by atoms with Crippen molar-refractivity contribution in [1.82, 2.24) is 4.57 Å². The summed E-state index contributed by atoms with van der Waals surface area (Å²) in [5, 5.41) is 9.87. The van der Waals surface area contributed by atoms with E-state index in [1.807, 2.05) is 36.4 Å². The van der Waals surface area contributed by atoms with Crippen molar-refractivity contribution >= 4 is 50.9 Å². The van der Waals surface area contributed by atoms with Crippen molar-refractivity contribution in [3.05, 3.63) is 129 Å². The van der Waals surface area contributed by atoms with E-state index in [2.05, 4.69) is 27.0 Å². The molecule has 1 aromatic heterocycles. The zero-order valence-electron chi connectivity index (χ0n) is 22.1. The molecule has 1 atom stereocenters. The van der Waals surface area contributed by atoms with Gasteiger partial charge in [0.15, 0.2) is 4.80 Å². The molecule has 0 fully saturated rings.